The minimum atomic E-state index is -0.456. The molecule has 5 heteroatoms. The summed E-state index contributed by atoms with van der Waals surface area (Å²) < 4.78 is 19.2. The van der Waals surface area contributed by atoms with E-state index in [0.29, 0.717) is 17.0 Å². The molecule has 0 aliphatic rings. The van der Waals surface area contributed by atoms with Crippen molar-refractivity contribution >= 4 is 12.2 Å². The molecular weight excluding hydrogens is 239 g/mol. The molecule has 2 rings (SSSR count). The zero-order valence-corrected chi connectivity index (χ0v) is 10.3. The van der Waals surface area contributed by atoms with Gasteiger partial charge in [0.25, 0.3) is 0 Å². The van der Waals surface area contributed by atoms with Crippen LogP contribution in [0, 0.1) is 17.5 Å². The Bertz CT molecular complexity index is 610. The largest absolute Gasteiger partial charge is 0.496 e. The van der Waals surface area contributed by atoms with E-state index < -0.39 is 5.82 Å². The van der Waals surface area contributed by atoms with Crippen molar-refractivity contribution in [1.82, 2.24) is 9.97 Å². The third kappa shape index (κ3) is 2.34. The van der Waals surface area contributed by atoms with Gasteiger partial charge in [0.05, 0.1) is 19.0 Å². The minimum absolute atomic E-state index is 0.241. The van der Waals surface area contributed by atoms with Crippen molar-refractivity contribution in [2.24, 2.45) is 0 Å². The summed E-state index contributed by atoms with van der Waals surface area (Å²) in [5.74, 6) is 0.133. The molecule has 17 heavy (non-hydrogen) atoms. The molecule has 0 aliphatic heterocycles. The van der Waals surface area contributed by atoms with E-state index in [1.54, 1.807) is 13.2 Å². The second kappa shape index (κ2) is 4.63. The predicted molar refractivity (Wildman–Crippen MR) is 66.1 cm³/mol. The molecule has 0 unspecified atom stereocenters. The number of ether oxygens (including phenoxy) is 1. The first-order chi connectivity index (χ1) is 8.11. The number of hydrogen-bond donors (Lipinski definition) is 1. The first-order valence-corrected chi connectivity index (χ1v) is 5.42. The maximum atomic E-state index is 13.7. The highest BCUT2D eigenvalue weighted by molar-refractivity contribution is 7.71. The number of hydrogen-bond acceptors (Lipinski definition) is 3. The van der Waals surface area contributed by atoms with E-state index in [0.717, 1.165) is 11.8 Å². The summed E-state index contributed by atoms with van der Waals surface area (Å²) in [4.78, 5) is 6.43. The van der Waals surface area contributed by atoms with Gasteiger partial charge in [-0.1, -0.05) is 11.6 Å². The first kappa shape index (κ1) is 11.7. The normalized spacial score (nSPS) is 10.3. The van der Waals surface area contributed by atoms with Gasteiger partial charge in [0.15, 0.2) is 10.6 Å². The summed E-state index contributed by atoms with van der Waals surface area (Å²) in [6, 6.07) is 5.53. The summed E-state index contributed by atoms with van der Waals surface area (Å²) in [7, 11) is 1.54. The monoisotopic (exact) mass is 250 g/mol. The van der Waals surface area contributed by atoms with Crippen LogP contribution in [0.15, 0.2) is 24.4 Å². The van der Waals surface area contributed by atoms with E-state index in [-0.39, 0.29) is 4.77 Å². The van der Waals surface area contributed by atoms with Crippen LogP contribution in [0.1, 0.15) is 5.56 Å². The highest BCUT2D eigenvalue weighted by Gasteiger charge is 2.11. The molecule has 0 bridgehead atoms. The second-order valence-electron chi connectivity index (χ2n) is 3.62. The lowest BCUT2D eigenvalue weighted by Gasteiger charge is -2.10. The zero-order chi connectivity index (χ0) is 12.4. The van der Waals surface area contributed by atoms with Gasteiger partial charge in [-0.25, -0.2) is 9.37 Å². The fourth-order valence-corrected chi connectivity index (χ4v) is 1.75. The van der Waals surface area contributed by atoms with E-state index in [4.69, 9.17) is 17.0 Å². The van der Waals surface area contributed by atoms with Crippen molar-refractivity contribution < 1.29 is 9.13 Å². The number of benzene rings is 1. The Kier molecular flexibility index (Phi) is 3.19. The molecule has 0 saturated carbocycles. The van der Waals surface area contributed by atoms with Gasteiger partial charge in [-0.3, -0.25) is 0 Å². The predicted octanol–water partition coefficient (Wildman–Crippen LogP) is 3.26. The van der Waals surface area contributed by atoms with Crippen LogP contribution < -0.4 is 4.74 Å². The average Bonchev–Trinajstić information content (AvgIpc) is 2.32. The van der Waals surface area contributed by atoms with Crippen LogP contribution in [-0.2, 0) is 0 Å². The smallest absolute Gasteiger partial charge is 0.197 e. The SMILES string of the molecule is COc1ccc(C)cc1-c1[nH]c(=S)ncc1F. The Hall–Kier alpha value is -1.75. The van der Waals surface area contributed by atoms with Gasteiger partial charge in [0.1, 0.15) is 5.75 Å². The summed E-state index contributed by atoms with van der Waals surface area (Å²) in [5, 5.41) is 0. The number of nitrogens with one attached hydrogen (secondary N) is 1. The average molecular weight is 250 g/mol. The first-order valence-electron chi connectivity index (χ1n) is 5.01. The van der Waals surface area contributed by atoms with Crippen molar-refractivity contribution in [2.45, 2.75) is 6.92 Å². The van der Waals surface area contributed by atoms with Gasteiger partial charge in [-0.15, -0.1) is 0 Å². The van der Waals surface area contributed by atoms with Crippen LogP contribution in [-0.4, -0.2) is 17.1 Å². The molecule has 0 aliphatic carbocycles. The van der Waals surface area contributed by atoms with Gasteiger partial charge in [0.2, 0.25) is 0 Å². The van der Waals surface area contributed by atoms with Crippen molar-refractivity contribution in [2.75, 3.05) is 7.11 Å². The standard InChI is InChI=1S/C12H11FN2OS/c1-7-3-4-10(16-2)8(5-7)11-9(13)6-14-12(17)15-11/h3-6H,1-2H3,(H,14,15,17). The summed E-state index contributed by atoms with van der Waals surface area (Å²) in [6.45, 7) is 1.93. The molecule has 0 radical (unpaired) electrons. The molecule has 2 aromatic rings. The summed E-state index contributed by atoms with van der Waals surface area (Å²) >= 11 is 4.90. The fourth-order valence-electron chi connectivity index (χ4n) is 1.59. The van der Waals surface area contributed by atoms with E-state index in [2.05, 4.69) is 9.97 Å². The molecule has 3 nitrogen and oxygen atoms in total. The lowest BCUT2D eigenvalue weighted by atomic mass is 10.1. The highest BCUT2D eigenvalue weighted by Crippen LogP contribution is 2.30. The van der Waals surface area contributed by atoms with Crippen LogP contribution in [0.25, 0.3) is 11.3 Å². The third-order valence-electron chi connectivity index (χ3n) is 2.39. The maximum Gasteiger partial charge on any atom is 0.197 e. The molecule has 1 heterocycles. The Morgan fingerprint density at radius 3 is 2.88 bits per heavy atom. The quantitative estimate of drug-likeness (QED) is 0.831. The van der Waals surface area contributed by atoms with Crippen LogP contribution >= 0.6 is 12.2 Å². The zero-order valence-electron chi connectivity index (χ0n) is 9.45. The number of methoxy groups -OCH3 is 1. The van der Waals surface area contributed by atoms with Crippen molar-refractivity contribution in [1.29, 1.82) is 0 Å². The van der Waals surface area contributed by atoms with E-state index in [9.17, 15) is 4.39 Å². The van der Waals surface area contributed by atoms with Crippen molar-refractivity contribution in [3.63, 3.8) is 0 Å². The third-order valence-corrected chi connectivity index (χ3v) is 2.60. The van der Waals surface area contributed by atoms with E-state index in [1.807, 2.05) is 19.1 Å². The Labute approximate surface area is 103 Å². The molecule has 1 N–H and O–H groups in total. The summed E-state index contributed by atoms with van der Waals surface area (Å²) in [6.07, 6.45) is 1.11. The Morgan fingerprint density at radius 2 is 2.18 bits per heavy atom. The van der Waals surface area contributed by atoms with E-state index >= 15 is 0 Å². The van der Waals surface area contributed by atoms with Crippen LogP contribution in [0.4, 0.5) is 4.39 Å². The molecule has 1 aromatic heterocycles. The van der Waals surface area contributed by atoms with Crippen LogP contribution in [0.3, 0.4) is 0 Å². The molecule has 0 spiro atoms. The molecule has 0 amide bonds. The van der Waals surface area contributed by atoms with Gasteiger partial charge in [-0.05, 0) is 31.3 Å². The Balaban J connectivity index is 2.70. The van der Waals surface area contributed by atoms with Gasteiger partial charge in [0, 0.05) is 5.56 Å². The van der Waals surface area contributed by atoms with Gasteiger partial charge in [-0.2, -0.15) is 0 Å². The molecule has 1 aromatic carbocycles. The number of aryl methyl sites for hydroxylation is 1. The number of H-pyrrole nitrogens is 1. The number of rotatable bonds is 2. The van der Waals surface area contributed by atoms with Crippen LogP contribution in [0.2, 0.25) is 0 Å². The molecule has 0 atom stereocenters. The maximum absolute atomic E-state index is 13.7. The lowest BCUT2D eigenvalue weighted by molar-refractivity contribution is 0.416. The van der Waals surface area contributed by atoms with Gasteiger partial charge >= 0.3 is 0 Å². The number of aromatic nitrogens is 2. The van der Waals surface area contributed by atoms with Crippen molar-refractivity contribution in [3.05, 3.63) is 40.5 Å². The molecule has 0 saturated heterocycles. The number of aromatic amines is 1. The van der Waals surface area contributed by atoms with Gasteiger partial charge < -0.3 is 9.72 Å². The minimum Gasteiger partial charge on any atom is -0.496 e. The molecule has 88 valence electrons. The lowest BCUT2D eigenvalue weighted by Crippen LogP contribution is -1.96. The number of nitrogens with zero attached hydrogens (tertiary/aromatic N) is 1. The fraction of sp³-hybridized carbons (Fsp3) is 0.167. The van der Waals surface area contributed by atoms with Crippen molar-refractivity contribution in [3.8, 4) is 17.0 Å². The number of halogens is 1. The van der Waals surface area contributed by atoms with E-state index in [1.165, 1.54) is 0 Å². The van der Waals surface area contributed by atoms with Crippen LogP contribution in [0.5, 0.6) is 5.75 Å². The topological polar surface area (TPSA) is 37.9 Å². The summed E-state index contributed by atoms with van der Waals surface area (Å²) in [5.41, 5.74) is 1.94. The second-order valence-corrected chi connectivity index (χ2v) is 4.00. The Morgan fingerprint density at radius 1 is 1.41 bits per heavy atom. The molecule has 0 fully saturated rings. The highest BCUT2D eigenvalue weighted by atomic mass is 32.1. The molecular formula is C12H11FN2OS.